The van der Waals surface area contributed by atoms with Crippen molar-refractivity contribution in [2.45, 2.75) is 26.8 Å². The molecule has 92 valence electrons. The van der Waals surface area contributed by atoms with Crippen molar-refractivity contribution in [2.24, 2.45) is 18.2 Å². The summed E-state index contributed by atoms with van der Waals surface area (Å²) in [6.07, 6.45) is 3.78. The highest BCUT2D eigenvalue weighted by Crippen LogP contribution is 2.33. The van der Waals surface area contributed by atoms with Gasteiger partial charge in [-0.05, 0) is 5.41 Å². The van der Waals surface area contributed by atoms with Crippen molar-refractivity contribution in [3.63, 3.8) is 0 Å². The fourth-order valence-electron chi connectivity index (χ4n) is 1.49. The lowest BCUT2D eigenvalue weighted by molar-refractivity contribution is 0.326. The van der Waals surface area contributed by atoms with Gasteiger partial charge in [0, 0.05) is 24.2 Å². The first kappa shape index (κ1) is 12.3. The van der Waals surface area contributed by atoms with Gasteiger partial charge in [0.2, 0.25) is 0 Å². The Morgan fingerprint density at radius 2 is 2.12 bits per heavy atom. The maximum absolute atomic E-state index is 6.20. The Labute approximate surface area is 105 Å². The van der Waals surface area contributed by atoms with E-state index in [1.54, 1.807) is 16.0 Å². The third kappa shape index (κ3) is 2.56. The lowest BCUT2D eigenvalue weighted by Gasteiger charge is -2.24. The SMILES string of the molecule is Cn1cc(-c2csc(C(N)C(C)(C)C)n2)cn1. The normalized spacial score (nSPS) is 13.9. The van der Waals surface area contributed by atoms with Gasteiger partial charge in [-0.15, -0.1) is 11.3 Å². The van der Waals surface area contributed by atoms with Crippen molar-refractivity contribution in [2.75, 3.05) is 0 Å². The van der Waals surface area contributed by atoms with Crippen LogP contribution in [0.1, 0.15) is 31.8 Å². The highest BCUT2D eigenvalue weighted by atomic mass is 32.1. The molecule has 0 aliphatic heterocycles. The third-order valence-corrected chi connectivity index (χ3v) is 3.65. The minimum Gasteiger partial charge on any atom is -0.322 e. The second-order valence-corrected chi connectivity index (χ2v) is 6.21. The van der Waals surface area contributed by atoms with Crippen LogP contribution in [0, 0.1) is 5.41 Å². The van der Waals surface area contributed by atoms with Crippen LogP contribution in [-0.2, 0) is 7.05 Å². The highest BCUT2D eigenvalue weighted by molar-refractivity contribution is 7.10. The molecule has 2 N–H and O–H groups in total. The lowest BCUT2D eigenvalue weighted by Crippen LogP contribution is -2.26. The van der Waals surface area contributed by atoms with Crippen molar-refractivity contribution >= 4 is 11.3 Å². The van der Waals surface area contributed by atoms with E-state index in [0.29, 0.717) is 0 Å². The summed E-state index contributed by atoms with van der Waals surface area (Å²) < 4.78 is 1.78. The zero-order valence-electron chi connectivity index (χ0n) is 10.6. The first-order chi connectivity index (χ1) is 7.88. The molecule has 0 spiro atoms. The molecule has 0 aliphatic carbocycles. The molecule has 17 heavy (non-hydrogen) atoms. The molecule has 1 atom stereocenters. The zero-order valence-corrected chi connectivity index (χ0v) is 11.5. The second kappa shape index (κ2) is 4.23. The van der Waals surface area contributed by atoms with E-state index in [4.69, 9.17) is 5.73 Å². The van der Waals surface area contributed by atoms with Crippen molar-refractivity contribution in [3.8, 4) is 11.3 Å². The standard InChI is InChI=1S/C12H18N4S/c1-12(2,3)10(13)11-15-9(7-17-11)8-5-14-16(4)6-8/h5-7,10H,13H2,1-4H3. The van der Waals surface area contributed by atoms with Gasteiger partial charge in [-0.1, -0.05) is 20.8 Å². The van der Waals surface area contributed by atoms with E-state index >= 15 is 0 Å². The lowest BCUT2D eigenvalue weighted by atomic mass is 9.88. The van der Waals surface area contributed by atoms with Crippen LogP contribution < -0.4 is 5.73 Å². The Hall–Kier alpha value is -1.20. The van der Waals surface area contributed by atoms with Crippen LogP contribution in [0.4, 0.5) is 0 Å². The molecule has 0 saturated carbocycles. The molecule has 0 bridgehead atoms. The average Bonchev–Trinajstić information content (AvgIpc) is 2.83. The number of aromatic nitrogens is 3. The molecule has 0 aliphatic rings. The number of hydrogen-bond donors (Lipinski definition) is 1. The Balaban J connectivity index is 2.28. The van der Waals surface area contributed by atoms with Crippen LogP contribution in [-0.4, -0.2) is 14.8 Å². The minimum absolute atomic E-state index is 0.0297. The molecule has 0 saturated heterocycles. The van der Waals surface area contributed by atoms with Crippen LogP contribution in [0.5, 0.6) is 0 Å². The van der Waals surface area contributed by atoms with Crippen molar-refractivity contribution < 1.29 is 0 Å². The number of nitrogens with zero attached hydrogens (tertiary/aromatic N) is 3. The van der Waals surface area contributed by atoms with Crippen LogP contribution in [0.2, 0.25) is 0 Å². The smallest absolute Gasteiger partial charge is 0.111 e. The first-order valence-electron chi connectivity index (χ1n) is 5.58. The van der Waals surface area contributed by atoms with E-state index in [9.17, 15) is 0 Å². The first-order valence-corrected chi connectivity index (χ1v) is 6.46. The minimum atomic E-state index is -0.0297. The van der Waals surface area contributed by atoms with Crippen molar-refractivity contribution in [1.29, 1.82) is 0 Å². The van der Waals surface area contributed by atoms with Crippen molar-refractivity contribution in [1.82, 2.24) is 14.8 Å². The molecule has 0 amide bonds. The Morgan fingerprint density at radius 3 is 2.65 bits per heavy atom. The number of aryl methyl sites for hydroxylation is 1. The second-order valence-electron chi connectivity index (χ2n) is 5.32. The molecule has 2 rings (SSSR count). The summed E-state index contributed by atoms with van der Waals surface area (Å²) in [5, 5.41) is 7.17. The molecule has 2 aromatic heterocycles. The van der Waals surface area contributed by atoms with Crippen LogP contribution in [0.25, 0.3) is 11.3 Å². The Bertz CT molecular complexity index is 507. The van der Waals surface area contributed by atoms with Gasteiger partial charge in [0.15, 0.2) is 0 Å². The molecule has 0 radical (unpaired) electrons. The van der Waals surface area contributed by atoms with Crippen LogP contribution in [0.15, 0.2) is 17.8 Å². The summed E-state index contributed by atoms with van der Waals surface area (Å²) in [5.74, 6) is 0. The number of hydrogen-bond acceptors (Lipinski definition) is 4. The molecule has 5 heteroatoms. The van der Waals surface area contributed by atoms with E-state index in [-0.39, 0.29) is 11.5 Å². The highest BCUT2D eigenvalue weighted by Gasteiger charge is 2.25. The van der Waals surface area contributed by atoms with Gasteiger partial charge in [0.25, 0.3) is 0 Å². The van der Waals surface area contributed by atoms with Gasteiger partial charge in [0.05, 0.1) is 17.9 Å². The van der Waals surface area contributed by atoms with Gasteiger partial charge >= 0.3 is 0 Å². The molecule has 1 unspecified atom stereocenters. The van der Waals surface area contributed by atoms with Gasteiger partial charge < -0.3 is 5.73 Å². The quantitative estimate of drug-likeness (QED) is 0.891. The topological polar surface area (TPSA) is 56.7 Å². The number of rotatable bonds is 2. The maximum Gasteiger partial charge on any atom is 0.111 e. The van der Waals surface area contributed by atoms with Gasteiger partial charge in [0.1, 0.15) is 5.01 Å². The largest absolute Gasteiger partial charge is 0.322 e. The van der Waals surface area contributed by atoms with E-state index in [0.717, 1.165) is 16.3 Å². The predicted octanol–water partition coefficient (Wildman–Crippen LogP) is 2.59. The average molecular weight is 250 g/mol. The molecule has 0 aromatic carbocycles. The van der Waals surface area contributed by atoms with E-state index in [2.05, 4.69) is 30.9 Å². The summed E-state index contributed by atoms with van der Waals surface area (Å²) >= 11 is 1.62. The molecule has 2 aromatic rings. The zero-order chi connectivity index (χ0) is 12.6. The van der Waals surface area contributed by atoms with Crippen molar-refractivity contribution in [3.05, 3.63) is 22.8 Å². The molecule has 4 nitrogen and oxygen atoms in total. The van der Waals surface area contributed by atoms with E-state index in [1.165, 1.54) is 0 Å². The predicted molar refractivity (Wildman–Crippen MR) is 70.7 cm³/mol. The van der Waals surface area contributed by atoms with E-state index in [1.807, 2.05) is 24.8 Å². The summed E-state index contributed by atoms with van der Waals surface area (Å²) in [4.78, 5) is 4.60. The third-order valence-electron chi connectivity index (χ3n) is 2.72. The fourth-order valence-corrected chi connectivity index (χ4v) is 2.56. The molecule has 2 heterocycles. The Morgan fingerprint density at radius 1 is 1.41 bits per heavy atom. The summed E-state index contributed by atoms with van der Waals surface area (Å²) in [6.45, 7) is 6.38. The van der Waals surface area contributed by atoms with Crippen LogP contribution in [0.3, 0.4) is 0 Å². The molecular formula is C12H18N4S. The number of thiazole rings is 1. The maximum atomic E-state index is 6.20. The van der Waals surface area contributed by atoms with Gasteiger partial charge in [-0.25, -0.2) is 4.98 Å². The summed E-state index contributed by atoms with van der Waals surface area (Å²) in [5.41, 5.74) is 8.22. The monoisotopic (exact) mass is 250 g/mol. The van der Waals surface area contributed by atoms with E-state index < -0.39 is 0 Å². The summed E-state index contributed by atoms with van der Waals surface area (Å²) in [7, 11) is 1.90. The fraction of sp³-hybridized carbons (Fsp3) is 0.500. The van der Waals surface area contributed by atoms with Gasteiger partial charge in [-0.3, -0.25) is 4.68 Å². The Kier molecular flexibility index (Phi) is 3.05. The van der Waals surface area contributed by atoms with Crippen LogP contribution >= 0.6 is 11.3 Å². The van der Waals surface area contributed by atoms with Gasteiger partial charge in [-0.2, -0.15) is 5.10 Å². The molecule has 0 fully saturated rings. The number of nitrogens with two attached hydrogens (primary N) is 1. The molecular weight excluding hydrogens is 232 g/mol. The summed E-state index contributed by atoms with van der Waals surface area (Å²) in [6, 6.07) is -0.0297.